The van der Waals surface area contributed by atoms with Crippen LogP contribution in [0, 0.1) is 28.1 Å². The Morgan fingerprint density at radius 1 is 1.33 bits per heavy atom. The Morgan fingerprint density at radius 3 is 2.00 bits per heavy atom. The van der Waals surface area contributed by atoms with Gasteiger partial charge in [-0.25, -0.2) is 0 Å². The van der Waals surface area contributed by atoms with Gasteiger partial charge in [-0.2, -0.15) is 5.26 Å². The average Bonchev–Trinajstić information content (AvgIpc) is 2.83. The van der Waals surface area contributed by atoms with Gasteiger partial charge in [0.25, 0.3) is 0 Å². The number of aliphatic hydroxyl groups is 1. The third kappa shape index (κ3) is 0.490. The maximum atomic E-state index is 9.85. The summed E-state index contributed by atoms with van der Waals surface area (Å²) in [4.78, 5) is 0. The van der Waals surface area contributed by atoms with Crippen LogP contribution in [-0.4, -0.2) is 18.5 Å². The van der Waals surface area contributed by atoms with Gasteiger partial charge in [0.15, 0.2) is 7.85 Å². The van der Waals surface area contributed by atoms with E-state index in [4.69, 9.17) is 5.26 Å². The summed E-state index contributed by atoms with van der Waals surface area (Å²) in [5.74, 6) is 0.308. The third-order valence-electron chi connectivity index (χ3n) is 4.38. The second kappa shape index (κ2) is 1.46. The highest BCUT2D eigenvalue weighted by atomic mass is 16.3. The smallest absolute Gasteiger partial charge is 0.162 e. The van der Waals surface area contributed by atoms with Crippen LogP contribution in [0.5, 0.6) is 0 Å². The predicted octanol–water partition coefficient (Wildman–Crippen LogP) is 0.0219. The molecule has 0 bridgehead atoms. The van der Waals surface area contributed by atoms with Crippen molar-refractivity contribution >= 4 is 7.85 Å². The van der Waals surface area contributed by atoms with Gasteiger partial charge in [-0.3, -0.25) is 0 Å². The van der Waals surface area contributed by atoms with Gasteiger partial charge < -0.3 is 5.11 Å². The maximum Gasteiger partial charge on any atom is 0.162 e. The van der Waals surface area contributed by atoms with Gasteiger partial charge in [0.05, 0.1) is 6.07 Å². The van der Waals surface area contributed by atoms with E-state index in [0.717, 1.165) is 0 Å². The number of hydrogen-bond acceptors (Lipinski definition) is 2. The molecule has 0 saturated heterocycles. The van der Waals surface area contributed by atoms with Crippen LogP contribution in [0.3, 0.4) is 0 Å². The summed E-state index contributed by atoms with van der Waals surface area (Å²) in [6.07, 6.45) is 5.04. The standard InChI is InChI=1S/C9H12BNO/c10-9(12,5-11)6-7(1-2-7)8(6)3-4-8/h6,12H,1-4,10H2. The molecule has 3 rings (SSSR count). The zero-order valence-corrected chi connectivity index (χ0v) is 7.30. The molecule has 1 N–H and O–H groups in total. The molecule has 1 unspecified atom stereocenters. The summed E-state index contributed by atoms with van der Waals surface area (Å²) >= 11 is 0. The Balaban J connectivity index is 1.94. The van der Waals surface area contributed by atoms with Gasteiger partial charge in [0, 0.05) is 5.92 Å². The van der Waals surface area contributed by atoms with Crippen LogP contribution in [-0.2, 0) is 0 Å². The molecule has 0 aromatic carbocycles. The number of nitriles is 1. The fraction of sp³-hybridized carbons (Fsp3) is 0.889. The molecule has 12 heavy (non-hydrogen) atoms. The second-order valence-electron chi connectivity index (χ2n) is 5.00. The average molecular weight is 161 g/mol. The number of nitrogens with zero attached hydrogens (tertiary/aromatic N) is 1. The van der Waals surface area contributed by atoms with E-state index < -0.39 is 5.50 Å². The summed E-state index contributed by atoms with van der Waals surface area (Å²) in [5, 5.41) is 18.7. The van der Waals surface area contributed by atoms with Gasteiger partial charge in [-0.15, -0.1) is 0 Å². The molecule has 3 aliphatic carbocycles. The van der Waals surface area contributed by atoms with Gasteiger partial charge in [0.1, 0.15) is 5.50 Å². The Hall–Kier alpha value is -0.485. The van der Waals surface area contributed by atoms with E-state index in [1.54, 1.807) is 7.85 Å². The lowest BCUT2D eigenvalue weighted by molar-refractivity contribution is 0.147. The highest BCUT2D eigenvalue weighted by Crippen LogP contribution is 2.93. The van der Waals surface area contributed by atoms with E-state index in [-0.39, 0.29) is 0 Å². The van der Waals surface area contributed by atoms with E-state index in [0.29, 0.717) is 16.7 Å². The van der Waals surface area contributed by atoms with Crippen LogP contribution in [0.4, 0.5) is 0 Å². The largest absolute Gasteiger partial charge is 0.384 e. The summed E-state index contributed by atoms with van der Waals surface area (Å²) in [6.45, 7) is 0. The van der Waals surface area contributed by atoms with Crippen molar-refractivity contribution in [2.24, 2.45) is 16.7 Å². The summed E-state index contributed by atoms with van der Waals surface area (Å²) in [6, 6.07) is 2.05. The molecule has 0 radical (unpaired) electrons. The molecule has 2 spiro atoms. The normalized spacial score (nSPS) is 41.8. The minimum atomic E-state index is -1.05. The van der Waals surface area contributed by atoms with Crippen molar-refractivity contribution in [3.05, 3.63) is 0 Å². The van der Waals surface area contributed by atoms with Crippen molar-refractivity contribution in [3.8, 4) is 6.07 Å². The van der Waals surface area contributed by atoms with Crippen molar-refractivity contribution in [1.82, 2.24) is 0 Å². The molecule has 0 aromatic rings. The molecule has 3 heteroatoms. The van der Waals surface area contributed by atoms with E-state index in [9.17, 15) is 5.11 Å². The van der Waals surface area contributed by atoms with Crippen molar-refractivity contribution in [2.75, 3.05) is 0 Å². The first-order valence-electron chi connectivity index (χ1n) is 4.73. The third-order valence-corrected chi connectivity index (χ3v) is 4.38. The minimum absolute atomic E-state index is 0.308. The molecule has 0 amide bonds. The SMILES string of the molecule is BC(O)(C#N)C1C2(CC2)C12CC2. The topological polar surface area (TPSA) is 44.0 Å². The number of hydrogen-bond donors (Lipinski definition) is 1. The Morgan fingerprint density at radius 2 is 1.75 bits per heavy atom. The number of fused-ring (bicyclic) bond motifs is 1. The van der Waals surface area contributed by atoms with Crippen LogP contribution in [0.15, 0.2) is 0 Å². The lowest BCUT2D eigenvalue weighted by atomic mass is 9.76. The van der Waals surface area contributed by atoms with Gasteiger partial charge >= 0.3 is 0 Å². The Labute approximate surface area is 73.0 Å². The fourth-order valence-corrected chi connectivity index (χ4v) is 3.72. The molecule has 3 fully saturated rings. The highest BCUT2D eigenvalue weighted by molar-refractivity contribution is 6.17. The Bertz CT molecular complexity index is 278. The molecule has 3 aliphatic rings. The van der Waals surface area contributed by atoms with Gasteiger partial charge in [0.2, 0.25) is 0 Å². The van der Waals surface area contributed by atoms with E-state index in [1.807, 2.05) is 0 Å². The highest BCUT2D eigenvalue weighted by Gasteiger charge is 2.89. The lowest BCUT2D eigenvalue weighted by Gasteiger charge is -2.13. The second-order valence-corrected chi connectivity index (χ2v) is 5.00. The molecular weight excluding hydrogens is 149 g/mol. The van der Waals surface area contributed by atoms with Crippen molar-refractivity contribution < 1.29 is 5.11 Å². The summed E-state index contributed by atoms with van der Waals surface area (Å²) in [5.41, 5.74) is -0.175. The van der Waals surface area contributed by atoms with Crippen LogP contribution in [0.1, 0.15) is 25.7 Å². The Kier molecular flexibility index (Phi) is 0.849. The van der Waals surface area contributed by atoms with Crippen LogP contribution >= 0.6 is 0 Å². The zero-order chi connectivity index (χ0) is 8.61. The summed E-state index contributed by atoms with van der Waals surface area (Å²) in [7, 11) is 1.69. The first-order valence-corrected chi connectivity index (χ1v) is 4.73. The maximum absolute atomic E-state index is 9.85. The molecule has 3 saturated carbocycles. The van der Waals surface area contributed by atoms with Crippen molar-refractivity contribution in [1.29, 1.82) is 5.26 Å². The van der Waals surface area contributed by atoms with Gasteiger partial charge in [-0.1, -0.05) is 0 Å². The molecule has 1 atom stereocenters. The fourth-order valence-electron chi connectivity index (χ4n) is 3.72. The molecule has 0 aromatic heterocycles. The molecule has 0 heterocycles. The lowest BCUT2D eigenvalue weighted by Crippen LogP contribution is -2.31. The summed E-state index contributed by atoms with van der Waals surface area (Å²) < 4.78 is 0. The van der Waals surface area contributed by atoms with E-state index in [2.05, 4.69) is 6.07 Å². The number of rotatable bonds is 1. The minimum Gasteiger partial charge on any atom is -0.384 e. The first-order chi connectivity index (χ1) is 5.59. The quantitative estimate of drug-likeness (QED) is 0.435. The molecule has 2 nitrogen and oxygen atoms in total. The molecule has 0 aliphatic heterocycles. The molecular formula is C9H12BNO. The first kappa shape index (κ1) is 6.97. The van der Waals surface area contributed by atoms with E-state index >= 15 is 0 Å². The van der Waals surface area contributed by atoms with Gasteiger partial charge in [-0.05, 0) is 36.5 Å². The van der Waals surface area contributed by atoms with Crippen LogP contribution in [0.25, 0.3) is 0 Å². The molecule has 62 valence electrons. The van der Waals surface area contributed by atoms with Crippen LogP contribution < -0.4 is 0 Å². The zero-order valence-electron chi connectivity index (χ0n) is 7.30. The predicted molar refractivity (Wildman–Crippen MR) is 45.9 cm³/mol. The van der Waals surface area contributed by atoms with E-state index in [1.165, 1.54) is 25.7 Å². The van der Waals surface area contributed by atoms with Crippen LogP contribution in [0.2, 0.25) is 0 Å². The monoisotopic (exact) mass is 161 g/mol. The van der Waals surface area contributed by atoms with Crippen molar-refractivity contribution in [3.63, 3.8) is 0 Å². The van der Waals surface area contributed by atoms with Crippen molar-refractivity contribution in [2.45, 2.75) is 31.2 Å².